The molecule has 1 rings (SSSR count). The van der Waals surface area contributed by atoms with Crippen LogP contribution < -0.4 is 10.5 Å². The molecule has 0 heterocycles. The Morgan fingerprint density at radius 2 is 2.13 bits per heavy atom. The van der Waals surface area contributed by atoms with Gasteiger partial charge in [0.1, 0.15) is 17.7 Å². The second-order valence-corrected chi connectivity index (χ2v) is 4.13. The first-order chi connectivity index (χ1) is 6.99. The van der Waals surface area contributed by atoms with Gasteiger partial charge in [-0.15, -0.1) is 0 Å². The van der Waals surface area contributed by atoms with Crippen molar-refractivity contribution in [1.29, 1.82) is 0 Å². The molecule has 3 N–H and O–H groups in total. The van der Waals surface area contributed by atoms with Crippen LogP contribution in [0.2, 0.25) is 0 Å². The van der Waals surface area contributed by atoms with Crippen molar-refractivity contribution in [3.05, 3.63) is 28.0 Å². The van der Waals surface area contributed by atoms with Crippen LogP contribution in [0, 0.1) is 5.82 Å². The number of halogens is 2. The number of hydrogen-bond acceptors (Lipinski definition) is 3. The molecule has 15 heavy (non-hydrogen) atoms. The Morgan fingerprint density at radius 3 is 2.60 bits per heavy atom. The third-order valence-corrected chi connectivity index (χ3v) is 2.72. The molecule has 0 amide bonds. The summed E-state index contributed by atoms with van der Waals surface area (Å²) < 4.78 is 19.1. The van der Waals surface area contributed by atoms with Crippen LogP contribution in [-0.4, -0.2) is 18.3 Å². The first-order valence-corrected chi connectivity index (χ1v) is 5.23. The van der Waals surface area contributed by atoms with Crippen molar-refractivity contribution in [2.45, 2.75) is 19.1 Å². The van der Waals surface area contributed by atoms with Crippen molar-refractivity contribution in [1.82, 2.24) is 0 Å². The maximum Gasteiger partial charge on any atom is 0.141 e. The third-order valence-electron chi connectivity index (χ3n) is 2.09. The fourth-order valence-electron chi connectivity index (χ4n) is 1.29. The van der Waals surface area contributed by atoms with Crippen molar-refractivity contribution in [3.63, 3.8) is 0 Å². The van der Waals surface area contributed by atoms with Crippen LogP contribution in [-0.2, 0) is 0 Å². The van der Waals surface area contributed by atoms with Crippen molar-refractivity contribution < 1.29 is 14.2 Å². The minimum absolute atomic E-state index is 0.0851. The normalized spacial score (nSPS) is 14.8. The Labute approximate surface area is 96.2 Å². The molecule has 0 aliphatic carbocycles. The zero-order valence-corrected chi connectivity index (χ0v) is 10.1. The van der Waals surface area contributed by atoms with Crippen molar-refractivity contribution in [2.24, 2.45) is 5.73 Å². The van der Waals surface area contributed by atoms with E-state index in [1.807, 2.05) is 0 Å². The number of ether oxygens (including phenoxy) is 1. The summed E-state index contributed by atoms with van der Waals surface area (Å²) in [6.45, 7) is 1.60. The van der Waals surface area contributed by atoms with Crippen molar-refractivity contribution in [3.8, 4) is 5.75 Å². The van der Waals surface area contributed by atoms with Gasteiger partial charge in [0.05, 0.1) is 17.1 Å². The van der Waals surface area contributed by atoms with E-state index in [4.69, 9.17) is 10.5 Å². The molecule has 1 aromatic rings. The number of rotatable bonds is 3. The van der Waals surface area contributed by atoms with E-state index in [-0.39, 0.29) is 11.3 Å². The predicted molar refractivity (Wildman–Crippen MR) is 59.3 cm³/mol. The first-order valence-electron chi connectivity index (χ1n) is 4.44. The van der Waals surface area contributed by atoms with E-state index in [9.17, 15) is 9.50 Å². The lowest BCUT2D eigenvalue weighted by Gasteiger charge is -2.19. The molecule has 0 radical (unpaired) electrons. The van der Waals surface area contributed by atoms with Gasteiger partial charge in [0.2, 0.25) is 0 Å². The lowest BCUT2D eigenvalue weighted by Crippen LogP contribution is -2.25. The Bertz CT molecular complexity index is 358. The van der Waals surface area contributed by atoms with Gasteiger partial charge in [-0.25, -0.2) is 4.39 Å². The lowest BCUT2D eigenvalue weighted by atomic mass is 10.0. The highest BCUT2D eigenvalue weighted by Crippen LogP contribution is 2.35. The second kappa shape index (κ2) is 4.92. The minimum atomic E-state index is -1.09. The highest BCUT2D eigenvalue weighted by Gasteiger charge is 2.23. The van der Waals surface area contributed by atoms with Gasteiger partial charge < -0.3 is 15.6 Å². The number of methoxy groups -OCH3 is 1. The van der Waals surface area contributed by atoms with Gasteiger partial charge in [-0.1, -0.05) is 0 Å². The molecule has 0 spiro atoms. The van der Waals surface area contributed by atoms with Gasteiger partial charge in [0, 0.05) is 6.04 Å². The number of aliphatic hydroxyl groups is 1. The zero-order chi connectivity index (χ0) is 11.6. The summed E-state index contributed by atoms with van der Waals surface area (Å²) in [5, 5.41) is 9.75. The molecule has 5 heteroatoms. The summed E-state index contributed by atoms with van der Waals surface area (Å²) >= 11 is 3.22. The third kappa shape index (κ3) is 2.48. The molecule has 0 fully saturated rings. The Morgan fingerprint density at radius 1 is 1.53 bits per heavy atom. The summed E-state index contributed by atoms with van der Waals surface area (Å²) in [6.07, 6.45) is -1.09. The molecular formula is C10H13BrFNO2. The van der Waals surface area contributed by atoms with E-state index < -0.39 is 18.0 Å². The quantitative estimate of drug-likeness (QED) is 0.888. The number of benzene rings is 1. The Kier molecular flexibility index (Phi) is 4.07. The van der Waals surface area contributed by atoms with Crippen LogP contribution >= 0.6 is 15.9 Å². The average molecular weight is 278 g/mol. The van der Waals surface area contributed by atoms with Crippen molar-refractivity contribution >= 4 is 15.9 Å². The molecule has 0 aliphatic rings. The summed E-state index contributed by atoms with van der Waals surface area (Å²) in [4.78, 5) is 0. The fourth-order valence-corrected chi connectivity index (χ4v) is 1.80. The molecule has 0 aliphatic heterocycles. The van der Waals surface area contributed by atoms with Gasteiger partial charge in [0.15, 0.2) is 0 Å². The molecule has 3 nitrogen and oxygen atoms in total. The topological polar surface area (TPSA) is 55.5 Å². The highest BCUT2D eigenvalue weighted by molar-refractivity contribution is 9.10. The summed E-state index contributed by atoms with van der Waals surface area (Å²) in [6, 6.07) is 2.21. The molecule has 1 aromatic carbocycles. The van der Waals surface area contributed by atoms with Crippen LogP contribution in [0.3, 0.4) is 0 Å². The maximum absolute atomic E-state index is 13.5. The van der Waals surface area contributed by atoms with Crippen LogP contribution in [0.1, 0.15) is 18.6 Å². The highest BCUT2D eigenvalue weighted by atomic mass is 79.9. The number of nitrogens with two attached hydrogens (primary N) is 1. The van der Waals surface area contributed by atoms with Crippen LogP contribution in [0.15, 0.2) is 16.6 Å². The van der Waals surface area contributed by atoms with Gasteiger partial charge in [-0.2, -0.15) is 0 Å². The summed E-state index contributed by atoms with van der Waals surface area (Å²) in [7, 11) is 1.41. The van der Waals surface area contributed by atoms with Gasteiger partial charge in [0.25, 0.3) is 0 Å². The van der Waals surface area contributed by atoms with Gasteiger partial charge >= 0.3 is 0 Å². The fraction of sp³-hybridized carbons (Fsp3) is 0.400. The molecular weight excluding hydrogens is 265 g/mol. The average Bonchev–Trinajstić information content (AvgIpc) is 2.19. The molecule has 84 valence electrons. The van der Waals surface area contributed by atoms with Crippen LogP contribution in [0.4, 0.5) is 4.39 Å². The number of aliphatic hydroxyl groups excluding tert-OH is 1. The molecule has 0 bridgehead atoms. The van der Waals surface area contributed by atoms with Gasteiger partial charge in [-0.05, 0) is 35.0 Å². The van der Waals surface area contributed by atoms with E-state index in [1.165, 1.54) is 19.2 Å². The standard InChI is InChI=1S/C10H13BrFNO2/c1-5(13)9(14)8-7(12)4-3-6(11)10(8)15-2/h3-5,9,14H,13H2,1-2H3. The second-order valence-electron chi connectivity index (χ2n) is 3.28. The SMILES string of the molecule is COc1c(Br)ccc(F)c1C(O)C(C)N. The largest absolute Gasteiger partial charge is 0.495 e. The van der Waals surface area contributed by atoms with Crippen LogP contribution in [0.25, 0.3) is 0 Å². The van der Waals surface area contributed by atoms with E-state index in [0.717, 1.165) is 0 Å². The molecule has 0 saturated heterocycles. The molecule has 2 atom stereocenters. The monoisotopic (exact) mass is 277 g/mol. The predicted octanol–water partition coefficient (Wildman–Crippen LogP) is 1.98. The zero-order valence-electron chi connectivity index (χ0n) is 8.50. The molecule has 0 aromatic heterocycles. The van der Waals surface area contributed by atoms with E-state index in [1.54, 1.807) is 6.92 Å². The molecule has 0 saturated carbocycles. The van der Waals surface area contributed by atoms with E-state index in [0.29, 0.717) is 4.47 Å². The Hall–Kier alpha value is -0.650. The van der Waals surface area contributed by atoms with Crippen molar-refractivity contribution in [2.75, 3.05) is 7.11 Å². The van der Waals surface area contributed by atoms with E-state index in [2.05, 4.69) is 15.9 Å². The number of hydrogen-bond donors (Lipinski definition) is 2. The Balaban J connectivity index is 3.30. The first kappa shape index (κ1) is 12.4. The van der Waals surface area contributed by atoms with E-state index >= 15 is 0 Å². The summed E-state index contributed by atoms with van der Waals surface area (Å²) in [5.74, 6) is -0.250. The smallest absolute Gasteiger partial charge is 0.141 e. The molecule has 2 unspecified atom stereocenters. The lowest BCUT2D eigenvalue weighted by molar-refractivity contribution is 0.144. The summed E-state index contributed by atoms with van der Waals surface area (Å²) in [5.41, 5.74) is 5.61. The van der Waals surface area contributed by atoms with Crippen LogP contribution in [0.5, 0.6) is 5.75 Å². The minimum Gasteiger partial charge on any atom is -0.495 e. The maximum atomic E-state index is 13.5. The van der Waals surface area contributed by atoms with Gasteiger partial charge in [-0.3, -0.25) is 0 Å².